The van der Waals surface area contributed by atoms with E-state index in [2.05, 4.69) is 26.5 Å². The van der Waals surface area contributed by atoms with Crippen LogP contribution in [0, 0.1) is 19.3 Å². The maximum absolute atomic E-state index is 12.5. The molecular weight excluding hydrogens is 356 g/mol. The van der Waals surface area contributed by atoms with Crippen molar-refractivity contribution >= 4 is 18.0 Å². The van der Waals surface area contributed by atoms with E-state index < -0.39 is 0 Å². The number of carbonyl (C=O) groups is 2. The third kappa shape index (κ3) is 3.43. The molecule has 4 rings (SSSR count). The first kappa shape index (κ1) is 18.4. The monoisotopic (exact) mass is 380 g/mol. The zero-order chi connectivity index (χ0) is 19.9. The van der Waals surface area contributed by atoms with Crippen LogP contribution in [0.4, 0.5) is 0 Å². The van der Waals surface area contributed by atoms with E-state index in [1.54, 1.807) is 6.33 Å². The van der Waals surface area contributed by atoms with Crippen LogP contribution in [0.5, 0.6) is 0 Å². The quantitative estimate of drug-likeness (QED) is 0.807. The van der Waals surface area contributed by atoms with Crippen LogP contribution < -0.4 is 5.43 Å². The van der Waals surface area contributed by atoms with Gasteiger partial charge in [-0.2, -0.15) is 0 Å². The number of hydrogen-bond acceptors (Lipinski definition) is 5. The second kappa shape index (κ2) is 6.87. The van der Waals surface area contributed by atoms with Crippen LogP contribution in [0.3, 0.4) is 0 Å². The molecule has 2 saturated heterocycles. The van der Waals surface area contributed by atoms with Crippen molar-refractivity contribution in [2.24, 2.45) is 5.41 Å². The van der Waals surface area contributed by atoms with Crippen LogP contribution >= 0.6 is 0 Å². The number of aryl methyl sites for hydroxylation is 2. The van der Waals surface area contributed by atoms with Crippen molar-refractivity contribution in [1.82, 2.24) is 30.1 Å². The SMILES string of the molecule is Cc1cc(C)cc(-c2ncn(/C=C\C(=O)NN3CCC4(CN(C)C4)C3=O)n2)c1. The third-order valence-corrected chi connectivity index (χ3v) is 5.27. The predicted octanol–water partition coefficient (Wildman–Crippen LogP) is 1.23. The molecule has 3 heterocycles. The Balaban J connectivity index is 1.38. The smallest absolute Gasteiger partial charge is 0.264 e. The zero-order valence-electron chi connectivity index (χ0n) is 16.3. The number of likely N-dealkylation sites (tertiary alicyclic amines) is 1. The molecule has 0 atom stereocenters. The molecule has 146 valence electrons. The van der Waals surface area contributed by atoms with Crippen molar-refractivity contribution < 1.29 is 9.59 Å². The molecule has 2 fully saturated rings. The molecule has 8 heteroatoms. The molecule has 2 aromatic rings. The number of benzene rings is 1. The van der Waals surface area contributed by atoms with E-state index in [-0.39, 0.29) is 17.2 Å². The van der Waals surface area contributed by atoms with Gasteiger partial charge in [0.15, 0.2) is 5.82 Å². The average Bonchev–Trinajstić information content (AvgIpc) is 3.19. The maximum atomic E-state index is 12.5. The highest BCUT2D eigenvalue weighted by molar-refractivity contribution is 5.93. The highest BCUT2D eigenvalue weighted by Gasteiger charge is 2.53. The van der Waals surface area contributed by atoms with Crippen molar-refractivity contribution in [3.05, 3.63) is 41.7 Å². The Labute approximate surface area is 163 Å². The molecule has 28 heavy (non-hydrogen) atoms. The highest BCUT2D eigenvalue weighted by Crippen LogP contribution is 2.39. The summed E-state index contributed by atoms with van der Waals surface area (Å²) >= 11 is 0. The molecule has 8 nitrogen and oxygen atoms in total. The van der Waals surface area contributed by atoms with Crippen molar-refractivity contribution in [2.45, 2.75) is 20.3 Å². The summed E-state index contributed by atoms with van der Waals surface area (Å²) in [5, 5.41) is 5.82. The molecule has 0 bridgehead atoms. The average molecular weight is 380 g/mol. The first-order valence-electron chi connectivity index (χ1n) is 9.34. The fraction of sp³-hybridized carbons (Fsp3) is 0.400. The summed E-state index contributed by atoms with van der Waals surface area (Å²) in [5.74, 6) is 0.245. The molecule has 2 amide bonds. The number of rotatable bonds is 4. The molecule has 1 spiro atoms. The minimum absolute atomic E-state index is 0.00482. The van der Waals surface area contributed by atoms with Crippen LogP contribution in [0.15, 0.2) is 30.6 Å². The Bertz CT molecular complexity index is 937. The molecule has 0 radical (unpaired) electrons. The molecule has 2 aliphatic heterocycles. The summed E-state index contributed by atoms with van der Waals surface area (Å²) < 4.78 is 1.49. The van der Waals surface area contributed by atoms with Crippen molar-refractivity contribution in [2.75, 3.05) is 26.7 Å². The lowest BCUT2D eigenvalue weighted by molar-refractivity contribution is -0.148. The van der Waals surface area contributed by atoms with Gasteiger partial charge in [0, 0.05) is 37.5 Å². The second-order valence-electron chi connectivity index (χ2n) is 7.88. The van der Waals surface area contributed by atoms with Crippen LogP contribution in [-0.4, -0.2) is 63.2 Å². The van der Waals surface area contributed by atoms with Crippen LogP contribution in [0.1, 0.15) is 17.5 Å². The van der Waals surface area contributed by atoms with E-state index in [4.69, 9.17) is 0 Å². The van der Waals surface area contributed by atoms with E-state index in [9.17, 15) is 9.59 Å². The number of aromatic nitrogens is 3. The van der Waals surface area contributed by atoms with Gasteiger partial charge in [-0.25, -0.2) is 9.67 Å². The Hall–Kier alpha value is -3.00. The highest BCUT2D eigenvalue weighted by atomic mass is 16.2. The Kier molecular flexibility index (Phi) is 4.50. The van der Waals surface area contributed by atoms with E-state index >= 15 is 0 Å². The maximum Gasteiger partial charge on any atom is 0.264 e. The van der Waals surface area contributed by atoms with E-state index in [1.165, 1.54) is 22.0 Å². The first-order valence-corrected chi connectivity index (χ1v) is 9.34. The lowest BCUT2D eigenvalue weighted by Gasteiger charge is -2.44. The van der Waals surface area contributed by atoms with Gasteiger partial charge in [-0.1, -0.05) is 17.2 Å². The first-order chi connectivity index (χ1) is 13.3. The number of nitrogens with zero attached hydrogens (tertiary/aromatic N) is 5. The Morgan fingerprint density at radius 1 is 1.21 bits per heavy atom. The van der Waals surface area contributed by atoms with Crippen LogP contribution in [0.25, 0.3) is 17.6 Å². The van der Waals surface area contributed by atoms with Gasteiger partial charge in [0.1, 0.15) is 6.33 Å². The molecule has 0 aliphatic carbocycles. The van der Waals surface area contributed by atoms with Gasteiger partial charge in [-0.05, 0) is 39.4 Å². The van der Waals surface area contributed by atoms with Crippen LogP contribution in [0.2, 0.25) is 0 Å². The van der Waals surface area contributed by atoms with Gasteiger partial charge in [-0.3, -0.25) is 20.0 Å². The molecule has 2 aliphatic rings. The predicted molar refractivity (Wildman–Crippen MR) is 105 cm³/mol. The number of hydrazine groups is 1. The lowest BCUT2D eigenvalue weighted by Crippen LogP contribution is -2.59. The summed E-state index contributed by atoms with van der Waals surface area (Å²) in [4.78, 5) is 31.1. The normalized spacial score (nSPS) is 18.8. The molecule has 0 saturated carbocycles. The van der Waals surface area contributed by atoms with Gasteiger partial charge in [0.05, 0.1) is 5.41 Å². The topological polar surface area (TPSA) is 83.4 Å². The van der Waals surface area contributed by atoms with Gasteiger partial charge in [0.25, 0.3) is 5.91 Å². The van der Waals surface area contributed by atoms with E-state index in [0.29, 0.717) is 12.4 Å². The van der Waals surface area contributed by atoms with Gasteiger partial charge < -0.3 is 4.90 Å². The minimum Gasteiger partial charge on any atom is -0.304 e. The fourth-order valence-corrected chi connectivity index (χ4v) is 4.10. The van der Waals surface area contributed by atoms with Gasteiger partial charge in [0.2, 0.25) is 5.91 Å². The number of amides is 2. The van der Waals surface area contributed by atoms with Crippen molar-refractivity contribution in [1.29, 1.82) is 0 Å². The third-order valence-electron chi connectivity index (χ3n) is 5.27. The Morgan fingerprint density at radius 2 is 1.93 bits per heavy atom. The largest absolute Gasteiger partial charge is 0.304 e. The number of hydrogen-bond donors (Lipinski definition) is 1. The molecule has 1 aromatic heterocycles. The summed E-state index contributed by atoms with van der Waals surface area (Å²) in [6, 6.07) is 6.14. The van der Waals surface area contributed by atoms with Crippen LogP contribution in [-0.2, 0) is 9.59 Å². The lowest BCUT2D eigenvalue weighted by atomic mass is 9.79. The summed E-state index contributed by atoms with van der Waals surface area (Å²) in [6.45, 7) is 6.13. The van der Waals surface area contributed by atoms with Gasteiger partial charge >= 0.3 is 0 Å². The minimum atomic E-state index is -0.360. The van der Waals surface area contributed by atoms with Crippen molar-refractivity contribution in [3.8, 4) is 11.4 Å². The second-order valence-corrected chi connectivity index (χ2v) is 7.88. The van der Waals surface area contributed by atoms with Gasteiger partial charge in [-0.15, -0.1) is 5.10 Å². The molecule has 1 N–H and O–H groups in total. The van der Waals surface area contributed by atoms with E-state index in [0.717, 1.165) is 36.2 Å². The number of nitrogens with one attached hydrogen (secondary N) is 1. The van der Waals surface area contributed by atoms with E-state index in [1.807, 2.05) is 33.0 Å². The number of carbonyl (C=O) groups excluding carboxylic acids is 2. The Morgan fingerprint density at radius 3 is 2.61 bits per heavy atom. The fourth-order valence-electron chi connectivity index (χ4n) is 4.10. The van der Waals surface area contributed by atoms with Crippen molar-refractivity contribution in [3.63, 3.8) is 0 Å². The summed E-state index contributed by atoms with van der Waals surface area (Å²) in [6.07, 6.45) is 5.21. The molecular formula is C20H24N6O2. The summed E-state index contributed by atoms with van der Waals surface area (Å²) in [5.41, 5.74) is 5.59. The summed E-state index contributed by atoms with van der Waals surface area (Å²) in [7, 11) is 1.99. The zero-order valence-corrected chi connectivity index (χ0v) is 16.3. The molecule has 0 unspecified atom stereocenters. The molecule has 1 aromatic carbocycles. The standard InChI is InChI=1S/C20H24N6O2/c1-14-8-15(2)10-16(9-14)18-21-13-25(23-18)6-4-17(27)22-26-7-5-20(19(26)28)11-24(3)12-20/h4,6,8-10,13H,5,7,11-12H2,1-3H3,(H,22,27)/b6-4-.